The van der Waals surface area contributed by atoms with Gasteiger partial charge in [-0.1, -0.05) is 30.3 Å². The molecule has 2 aromatic rings. The molecule has 0 amide bonds. The second-order valence-corrected chi connectivity index (χ2v) is 5.72. The average Bonchev–Trinajstić information content (AvgIpc) is 3.16. The number of aliphatic imine (C=N–C) groups is 1. The molecule has 6 heteroatoms. The summed E-state index contributed by atoms with van der Waals surface area (Å²) >= 11 is 0. The highest BCUT2D eigenvalue weighted by molar-refractivity contribution is 5.81. The van der Waals surface area contributed by atoms with Crippen LogP contribution in [0.5, 0.6) is 5.88 Å². The molecular weight excluding hydrogens is 328 g/mol. The molecule has 1 aliphatic rings. The second-order valence-electron chi connectivity index (χ2n) is 5.72. The van der Waals surface area contributed by atoms with Gasteiger partial charge < -0.3 is 9.84 Å². The highest BCUT2D eigenvalue weighted by Crippen LogP contribution is 2.41. The van der Waals surface area contributed by atoms with E-state index in [9.17, 15) is 15.6 Å². The Morgan fingerprint density at radius 1 is 1.15 bits per heavy atom. The maximum Gasteiger partial charge on any atom is 0.232 e. The van der Waals surface area contributed by atoms with Crippen molar-refractivity contribution in [2.45, 2.75) is 12.0 Å². The van der Waals surface area contributed by atoms with Crippen LogP contribution in [0.1, 0.15) is 23.2 Å². The zero-order valence-electron chi connectivity index (χ0n) is 14.2. The maximum atomic E-state index is 9.91. The number of aliphatic hydroxyl groups excluding tert-OH is 1. The van der Waals surface area contributed by atoms with Gasteiger partial charge in [0.25, 0.3) is 0 Å². The van der Waals surface area contributed by atoms with E-state index in [1.54, 1.807) is 18.4 Å². The monoisotopic (exact) mass is 344 g/mol. The van der Waals surface area contributed by atoms with Crippen molar-refractivity contribution < 1.29 is 9.84 Å². The summed E-state index contributed by atoms with van der Waals surface area (Å²) in [4.78, 5) is 8.90. The van der Waals surface area contributed by atoms with Crippen LogP contribution in [0.3, 0.4) is 0 Å². The Bertz CT molecular complexity index is 954. The Morgan fingerprint density at radius 3 is 2.42 bits per heavy atom. The lowest BCUT2D eigenvalue weighted by Gasteiger charge is -2.26. The molecule has 0 fully saturated rings. The Labute approximate surface area is 151 Å². The molecule has 0 saturated carbocycles. The fourth-order valence-electron chi connectivity index (χ4n) is 3.13. The number of methoxy groups -OCH3 is 1. The quantitative estimate of drug-likeness (QED) is 0.898. The van der Waals surface area contributed by atoms with Gasteiger partial charge in [0.1, 0.15) is 23.2 Å². The van der Waals surface area contributed by atoms with Crippen LogP contribution in [0, 0.1) is 22.7 Å². The standard InChI is InChI=1S/C20H16N4O2/c1-26-19-16(13-22)17(14-6-3-2-4-7-14)15(12-21)18(24-19)20(9-11-25)8-5-10-23-20/h2-8,10,25H,9,11H2,1H3. The fourth-order valence-corrected chi connectivity index (χ4v) is 3.13. The third kappa shape index (κ3) is 2.73. The topological polar surface area (TPSA) is 102 Å². The van der Waals surface area contributed by atoms with Crippen LogP contribution in [0.2, 0.25) is 0 Å². The first-order valence-electron chi connectivity index (χ1n) is 8.02. The summed E-state index contributed by atoms with van der Waals surface area (Å²) in [5.41, 5.74) is 1.05. The van der Waals surface area contributed by atoms with E-state index in [-0.39, 0.29) is 30.0 Å². The van der Waals surface area contributed by atoms with E-state index in [0.717, 1.165) is 0 Å². The van der Waals surface area contributed by atoms with E-state index in [1.807, 2.05) is 30.3 Å². The Balaban J connectivity index is 2.41. The number of aromatic nitrogens is 1. The van der Waals surface area contributed by atoms with E-state index >= 15 is 0 Å². The number of hydrogen-bond donors (Lipinski definition) is 1. The van der Waals surface area contributed by atoms with Crippen molar-refractivity contribution in [1.29, 1.82) is 10.5 Å². The number of ether oxygens (including phenoxy) is 1. The normalized spacial score (nSPS) is 17.7. The molecular formula is C20H16N4O2. The van der Waals surface area contributed by atoms with Gasteiger partial charge in [0, 0.05) is 24.8 Å². The molecule has 128 valence electrons. The molecule has 6 nitrogen and oxygen atoms in total. The zero-order valence-corrected chi connectivity index (χ0v) is 14.2. The Morgan fingerprint density at radius 2 is 1.88 bits per heavy atom. The first-order chi connectivity index (χ1) is 12.7. The number of rotatable bonds is 5. The number of pyridine rings is 1. The highest BCUT2D eigenvalue weighted by atomic mass is 16.5. The molecule has 2 heterocycles. The van der Waals surface area contributed by atoms with Crippen LogP contribution in [0.15, 0.2) is 47.5 Å². The average molecular weight is 344 g/mol. The minimum atomic E-state index is -0.954. The minimum Gasteiger partial charge on any atom is -0.480 e. The number of hydrogen-bond acceptors (Lipinski definition) is 6. The molecule has 1 aromatic carbocycles. The number of benzene rings is 1. The molecule has 26 heavy (non-hydrogen) atoms. The Kier molecular flexibility index (Phi) is 4.79. The maximum absolute atomic E-state index is 9.91. The molecule has 1 atom stereocenters. The predicted molar refractivity (Wildman–Crippen MR) is 96.7 cm³/mol. The molecule has 0 aliphatic carbocycles. The molecule has 0 saturated heterocycles. The van der Waals surface area contributed by atoms with Gasteiger partial charge in [0.2, 0.25) is 5.88 Å². The summed E-state index contributed by atoms with van der Waals surface area (Å²) in [7, 11) is 1.43. The summed E-state index contributed by atoms with van der Waals surface area (Å²) in [5.74, 6) is 0.133. The summed E-state index contributed by atoms with van der Waals surface area (Å²) in [6.07, 6.45) is 5.44. The van der Waals surface area contributed by atoms with Crippen molar-refractivity contribution in [3.05, 3.63) is 59.3 Å². The molecule has 1 unspecified atom stereocenters. The first kappa shape index (κ1) is 17.3. The van der Waals surface area contributed by atoms with Gasteiger partial charge in [-0.05, 0) is 17.7 Å². The lowest BCUT2D eigenvalue weighted by Crippen LogP contribution is -2.25. The minimum absolute atomic E-state index is 0.128. The van der Waals surface area contributed by atoms with Crippen LogP contribution in [0.4, 0.5) is 0 Å². The molecule has 0 spiro atoms. The first-order valence-corrected chi connectivity index (χ1v) is 8.02. The van der Waals surface area contributed by atoms with Gasteiger partial charge in [-0.15, -0.1) is 0 Å². The Hall–Kier alpha value is -3.48. The van der Waals surface area contributed by atoms with Gasteiger partial charge >= 0.3 is 0 Å². The van der Waals surface area contributed by atoms with Gasteiger partial charge in [-0.2, -0.15) is 10.5 Å². The van der Waals surface area contributed by atoms with Crippen LogP contribution in [-0.2, 0) is 5.54 Å². The van der Waals surface area contributed by atoms with E-state index in [4.69, 9.17) is 4.74 Å². The lowest BCUT2D eigenvalue weighted by molar-refractivity contribution is 0.257. The van der Waals surface area contributed by atoms with Crippen molar-refractivity contribution in [3.8, 4) is 29.1 Å². The summed E-state index contributed by atoms with van der Waals surface area (Å²) < 4.78 is 5.34. The number of nitrogens with zero attached hydrogens (tertiary/aromatic N) is 4. The molecule has 1 N–H and O–H groups in total. The van der Waals surface area contributed by atoms with Crippen molar-refractivity contribution in [1.82, 2.24) is 4.98 Å². The van der Waals surface area contributed by atoms with Gasteiger partial charge in [-0.3, -0.25) is 4.99 Å². The second kappa shape index (κ2) is 7.18. The summed E-state index contributed by atoms with van der Waals surface area (Å²) in [5, 5.41) is 29.1. The van der Waals surface area contributed by atoms with Crippen LogP contribution in [-0.4, -0.2) is 30.0 Å². The smallest absolute Gasteiger partial charge is 0.232 e. The van der Waals surface area contributed by atoms with Crippen LogP contribution in [0.25, 0.3) is 11.1 Å². The highest BCUT2D eigenvalue weighted by Gasteiger charge is 2.37. The molecule has 0 bridgehead atoms. The van der Waals surface area contributed by atoms with Crippen molar-refractivity contribution in [3.63, 3.8) is 0 Å². The molecule has 1 aliphatic heterocycles. The predicted octanol–water partition coefficient (Wildman–Crippen LogP) is 2.72. The van der Waals surface area contributed by atoms with Gasteiger partial charge in [0.05, 0.1) is 18.4 Å². The van der Waals surface area contributed by atoms with E-state index in [0.29, 0.717) is 16.8 Å². The lowest BCUT2D eigenvalue weighted by atomic mass is 9.85. The van der Waals surface area contributed by atoms with Gasteiger partial charge in [-0.25, -0.2) is 4.98 Å². The van der Waals surface area contributed by atoms with E-state index in [2.05, 4.69) is 22.1 Å². The largest absolute Gasteiger partial charge is 0.480 e. The van der Waals surface area contributed by atoms with E-state index in [1.165, 1.54) is 7.11 Å². The zero-order chi connectivity index (χ0) is 18.6. The van der Waals surface area contributed by atoms with Gasteiger partial charge in [0.15, 0.2) is 0 Å². The number of aliphatic hydroxyl groups is 1. The molecule has 3 rings (SSSR count). The SMILES string of the molecule is COc1nc(C2(CCO)C=CC=N2)c(C#N)c(-c2ccccc2)c1C#N. The van der Waals surface area contributed by atoms with Crippen LogP contribution >= 0.6 is 0 Å². The van der Waals surface area contributed by atoms with E-state index < -0.39 is 5.54 Å². The van der Waals surface area contributed by atoms with Crippen LogP contribution < -0.4 is 4.74 Å². The van der Waals surface area contributed by atoms with Crippen molar-refractivity contribution >= 4 is 6.21 Å². The fraction of sp³-hybridized carbons (Fsp3) is 0.200. The third-order valence-corrected chi connectivity index (χ3v) is 4.31. The summed E-state index contributed by atoms with van der Waals surface area (Å²) in [6.45, 7) is -0.128. The third-order valence-electron chi connectivity index (χ3n) is 4.31. The number of allylic oxidation sites excluding steroid dienone is 1. The summed E-state index contributed by atoms with van der Waals surface area (Å²) in [6, 6.07) is 13.5. The molecule has 1 aromatic heterocycles. The van der Waals surface area contributed by atoms with Crippen molar-refractivity contribution in [2.75, 3.05) is 13.7 Å². The van der Waals surface area contributed by atoms with Crippen molar-refractivity contribution in [2.24, 2.45) is 4.99 Å². The molecule has 0 radical (unpaired) electrons. The number of nitriles is 2.